The van der Waals surface area contributed by atoms with Crippen molar-refractivity contribution >= 4 is 5.97 Å². The quantitative estimate of drug-likeness (QED) is 0.479. The number of unbranched alkanes of at least 4 members (excludes halogenated alkanes) is 2. The van der Waals surface area contributed by atoms with Gasteiger partial charge < -0.3 is 9.47 Å². The minimum Gasteiger partial charge on any atom is -0.494 e. The molecule has 0 aliphatic carbocycles. The molecule has 0 amide bonds. The van der Waals surface area contributed by atoms with E-state index in [1.54, 1.807) is 0 Å². The number of carbonyl (C=O) groups is 1. The van der Waals surface area contributed by atoms with Crippen molar-refractivity contribution in [2.75, 3.05) is 13.7 Å². The molecule has 0 aliphatic heterocycles. The number of carbonyl (C=O) groups excluding carboxylic acids is 1. The number of hydrogen-bond donors (Lipinski definition) is 0. The lowest BCUT2D eigenvalue weighted by Gasteiger charge is -2.08. The highest BCUT2D eigenvalue weighted by molar-refractivity contribution is 5.69. The Morgan fingerprint density at radius 3 is 2.12 bits per heavy atom. The van der Waals surface area contributed by atoms with Gasteiger partial charge in [-0.1, -0.05) is 56.2 Å². The molecule has 2 aromatic rings. The van der Waals surface area contributed by atoms with Gasteiger partial charge >= 0.3 is 5.97 Å². The van der Waals surface area contributed by atoms with Gasteiger partial charge in [0.05, 0.1) is 13.7 Å². The van der Waals surface area contributed by atoms with Gasteiger partial charge in [-0.15, -0.1) is 0 Å². The summed E-state index contributed by atoms with van der Waals surface area (Å²) in [6.45, 7) is 2.97. The highest BCUT2D eigenvalue weighted by Gasteiger charge is 2.03. The molecule has 0 aliphatic rings. The van der Waals surface area contributed by atoms with Gasteiger partial charge in [-0.3, -0.25) is 4.79 Å². The highest BCUT2D eigenvalue weighted by atomic mass is 16.5. The van der Waals surface area contributed by atoms with E-state index in [0.29, 0.717) is 12.8 Å². The van der Waals surface area contributed by atoms with Crippen LogP contribution in [0.25, 0.3) is 11.1 Å². The number of esters is 1. The van der Waals surface area contributed by atoms with Crippen molar-refractivity contribution in [3.63, 3.8) is 0 Å². The van der Waals surface area contributed by atoms with Crippen molar-refractivity contribution in [2.24, 2.45) is 0 Å². The predicted molar refractivity (Wildman–Crippen MR) is 97.2 cm³/mol. The van der Waals surface area contributed by atoms with Crippen molar-refractivity contribution in [2.45, 2.75) is 39.0 Å². The Kier molecular flexibility index (Phi) is 7.34. The Balaban J connectivity index is 1.90. The van der Waals surface area contributed by atoms with Crippen LogP contribution in [0, 0.1) is 0 Å². The molecule has 2 aromatic carbocycles. The molecule has 0 atom stereocenters. The second-order valence-corrected chi connectivity index (χ2v) is 5.85. The minimum absolute atomic E-state index is 0.173. The normalized spacial score (nSPS) is 10.4. The van der Waals surface area contributed by atoms with Crippen LogP contribution in [0.3, 0.4) is 0 Å². The SMILES string of the molecule is CCCCCOc1ccc(-c2ccc(CCC(=O)OC)cc2)cc1. The predicted octanol–water partition coefficient (Wildman–Crippen LogP) is 5.03. The maximum Gasteiger partial charge on any atom is 0.305 e. The number of methoxy groups -OCH3 is 1. The van der Waals surface area contributed by atoms with Crippen molar-refractivity contribution in [3.05, 3.63) is 54.1 Å². The summed E-state index contributed by atoms with van der Waals surface area (Å²) in [4.78, 5) is 11.2. The smallest absolute Gasteiger partial charge is 0.305 e. The molecule has 3 nitrogen and oxygen atoms in total. The summed E-state index contributed by atoms with van der Waals surface area (Å²) in [6.07, 6.45) is 4.64. The maximum atomic E-state index is 11.2. The summed E-state index contributed by atoms with van der Waals surface area (Å²) < 4.78 is 10.4. The standard InChI is InChI=1S/C21H26O3/c1-3-4-5-16-24-20-13-11-19(12-14-20)18-9-6-17(7-10-18)8-15-21(22)23-2/h6-7,9-14H,3-5,8,15-16H2,1-2H3. The molecule has 0 unspecified atom stereocenters. The highest BCUT2D eigenvalue weighted by Crippen LogP contribution is 2.23. The number of ether oxygens (including phenoxy) is 2. The Bertz CT molecular complexity index is 615. The average Bonchev–Trinajstić information content (AvgIpc) is 2.64. The summed E-state index contributed by atoms with van der Waals surface area (Å²) in [5.41, 5.74) is 3.46. The van der Waals surface area contributed by atoms with E-state index in [9.17, 15) is 4.79 Å². The number of aryl methyl sites for hydroxylation is 1. The molecule has 0 heterocycles. The monoisotopic (exact) mass is 326 g/mol. The zero-order chi connectivity index (χ0) is 17.2. The number of benzene rings is 2. The van der Waals surface area contributed by atoms with Crippen LogP contribution in [0.1, 0.15) is 38.2 Å². The third-order valence-corrected chi connectivity index (χ3v) is 4.00. The summed E-state index contributed by atoms with van der Waals surface area (Å²) in [6, 6.07) is 16.5. The topological polar surface area (TPSA) is 35.5 Å². The Morgan fingerprint density at radius 1 is 0.917 bits per heavy atom. The Labute approximate surface area is 144 Å². The van der Waals surface area contributed by atoms with Gasteiger partial charge in [-0.2, -0.15) is 0 Å². The van der Waals surface area contributed by atoms with Gasteiger partial charge in [-0.25, -0.2) is 0 Å². The van der Waals surface area contributed by atoms with Crippen LogP contribution in [0.15, 0.2) is 48.5 Å². The Morgan fingerprint density at radius 2 is 1.54 bits per heavy atom. The van der Waals surface area contributed by atoms with Gasteiger partial charge in [0.15, 0.2) is 0 Å². The van der Waals surface area contributed by atoms with E-state index in [1.165, 1.54) is 20.0 Å². The van der Waals surface area contributed by atoms with Crippen LogP contribution < -0.4 is 4.74 Å². The lowest BCUT2D eigenvalue weighted by molar-refractivity contribution is -0.140. The van der Waals surface area contributed by atoms with E-state index >= 15 is 0 Å². The van der Waals surface area contributed by atoms with Crippen molar-refractivity contribution < 1.29 is 14.3 Å². The number of hydrogen-bond acceptors (Lipinski definition) is 3. The largest absolute Gasteiger partial charge is 0.494 e. The molecule has 0 aromatic heterocycles. The van der Waals surface area contributed by atoms with E-state index in [2.05, 4.69) is 48.1 Å². The fourth-order valence-electron chi connectivity index (χ4n) is 2.50. The molecule has 128 valence electrons. The number of rotatable bonds is 9. The Hall–Kier alpha value is -2.29. The molecule has 0 spiro atoms. The van der Waals surface area contributed by atoms with Gasteiger partial charge in [-0.05, 0) is 41.7 Å². The van der Waals surface area contributed by atoms with Crippen LogP contribution >= 0.6 is 0 Å². The van der Waals surface area contributed by atoms with Gasteiger partial charge in [0.25, 0.3) is 0 Å². The molecule has 0 saturated heterocycles. The van der Waals surface area contributed by atoms with E-state index < -0.39 is 0 Å². The minimum atomic E-state index is -0.173. The van der Waals surface area contributed by atoms with Crippen LogP contribution in [0.4, 0.5) is 0 Å². The zero-order valence-electron chi connectivity index (χ0n) is 14.6. The summed E-state index contributed by atoms with van der Waals surface area (Å²) in [7, 11) is 1.42. The molecule has 0 radical (unpaired) electrons. The second kappa shape index (κ2) is 9.76. The molecular weight excluding hydrogens is 300 g/mol. The molecular formula is C21H26O3. The van der Waals surface area contributed by atoms with E-state index in [1.807, 2.05) is 12.1 Å². The van der Waals surface area contributed by atoms with Crippen LogP contribution in [-0.2, 0) is 16.0 Å². The fourth-order valence-corrected chi connectivity index (χ4v) is 2.50. The zero-order valence-corrected chi connectivity index (χ0v) is 14.6. The van der Waals surface area contributed by atoms with Gasteiger partial charge in [0, 0.05) is 6.42 Å². The molecule has 3 heteroatoms. The van der Waals surface area contributed by atoms with E-state index in [0.717, 1.165) is 35.5 Å². The first kappa shape index (κ1) is 18.1. The van der Waals surface area contributed by atoms with Gasteiger partial charge in [0.1, 0.15) is 5.75 Å². The molecule has 0 N–H and O–H groups in total. The third kappa shape index (κ3) is 5.73. The lowest BCUT2D eigenvalue weighted by Crippen LogP contribution is -2.01. The maximum absolute atomic E-state index is 11.2. The van der Waals surface area contributed by atoms with Crippen LogP contribution in [0.2, 0.25) is 0 Å². The van der Waals surface area contributed by atoms with Crippen molar-refractivity contribution in [1.82, 2.24) is 0 Å². The van der Waals surface area contributed by atoms with Crippen molar-refractivity contribution in [1.29, 1.82) is 0 Å². The molecule has 0 fully saturated rings. The van der Waals surface area contributed by atoms with E-state index in [4.69, 9.17) is 4.74 Å². The second-order valence-electron chi connectivity index (χ2n) is 5.85. The lowest BCUT2D eigenvalue weighted by atomic mass is 10.0. The van der Waals surface area contributed by atoms with Crippen molar-refractivity contribution in [3.8, 4) is 16.9 Å². The van der Waals surface area contributed by atoms with Gasteiger partial charge in [0.2, 0.25) is 0 Å². The van der Waals surface area contributed by atoms with Crippen LogP contribution in [0.5, 0.6) is 5.75 Å². The van der Waals surface area contributed by atoms with E-state index in [-0.39, 0.29) is 5.97 Å². The molecule has 24 heavy (non-hydrogen) atoms. The average molecular weight is 326 g/mol. The molecule has 0 bridgehead atoms. The molecule has 2 rings (SSSR count). The summed E-state index contributed by atoms with van der Waals surface area (Å²) >= 11 is 0. The fraction of sp³-hybridized carbons (Fsp3) is 0.381. The summed E-state index contributed by atoms with van der Waals surface area (Å²) in [5, 5.41) is 0. The molecule has 0 saturated carbocycles. The summed E-state index contributed by atoms with van der Waals surface area (Å²) in [5.74, 6) is 0.748. The first-order chi connectivity index (χ1) is 11.7. The first-order valence-electron chi connectivity index (χ1n) is 8.62. The third-order valence-electron chi connectivity index (χ3n) is 4.00. The first-order valence-corrected chi connectivity index (χ1v) is 8.62. The van der Waals surface area contributed by atoms with Crippen LogP contribution in [-0.4, -0.2) is 19.7 Å².